The van der Waals surface area contributed by atoms with E-state index in [9.17, 15) is 8.42 Å². The summed E-state index contributed by atoms with van der Waals surface area (Å²) >= 11 is 0. The Morgan fingerprint density at radius 3 is 2.83 bits per heavy atom. The number of aromatic nitrogens is 3. The number of hydrogen-bond acceptors (Lipinski definition) is 6. The maximum atomic E-state index is 12.3. The zero-order valence-corrected chi connectivity index (χ0v) is 15.4. The van der Waals surface area contributed by atoms with Crippen molar-refractivity contribution in [1.29, 1.82) is 0 Å². The average Bonchev–Trinajstić information content (AvgIpc) is 2.97. The highest BCUT2D eigenvalue weighted by molar-refractivity contribution is 7.89. The summed E-state index contributed by atoms with van der Waals surface area (Å²) in [7, 11) is -3.24. The number of rotatable bonds is 4. The minimum atomic E-state index is -3.24. The van der Waals surface area contributed by atoms with Crippen LogP contribution in [-0.4, -0.2) is 71.2 Å². The topological polar surface area (TPSA) is 86.6 Å². The predicted octanol–water partition coefficient (Wildman–Crippen LogP) is 0.495. The first-order valence-electron chi connectivity index (χ1n) is 8.45. The highest BCUT2D eigenvalue weighted by Crippen LogP contribution is 2.34. The molecule has 0 amide bonds. The lowest BCUT2D eigenvalue weighted by Gasteiger charge is -2.31. The van der Waals surface area contributed by atoms with Gasteiger partial charge in [-0.2, -0.15) is 9.40 Å². The lowest BCUT2D eigenvalue weighted by Crippen LogP contribution is -2.47. The molecule has 9 heteroatoms. The summed E-state index contributed by atoms with van der Waals surface area (Å²) in [6, 6.07) is 0. The standard InChI is InChI=1S/C15H26N4O4S/c1-4-24(20,21)18-7-8-22-11-15(10-18)6-5-14(23-15)9-19-13(3)16-12(2)17-19/h14H,4-11H2,1-3H3/t14-,15+/m0/s1. The third-order valence-corrected chi connectivity index (χ3v) is 6.58. The number of hydrogen-bond donors (Lipinski definition) is 0. The maximum Gasteiger partial charge on any atom is 0.214 e. The van der Waals surface area contributed by atoms with Gasteiger partial charge in [-0.1, -0.05) is 0 Å². The first-order chi connectivity index (χ1) is 11.3. The van der Waals surface area contributed by atoms with Crippen LogP contribution in [-0.2, 0) is 26.0 Å². The van der Waals surface area contributed by atoms with Gasteiger partial charge in [0.25, 0.3) is 0 Å². The van der Waals surface area contributed by atoms with Crippen molar-refractivity contribution in [3.8, 4) is 0 Å². The molecule has 0 aromatic carbocycles. The van der Waals surface area contributed by atoms with E-state index in [1.807, 2.05) is 18.5 Å². The SMILES string of the molecule is CCS(=O)(=O)N1CCOC[C@@]2(CC[C@@H](Cn3nc(C)nc3C)O2)C1. The van der Waals surface area contributed by atoms with Crippen LogP contribution in [0.25, 0.3) is 0 Å². The summed E-state index contributed by atoms with van der Waals surface area (Å²) in [6.45, 7) is 7.71. The third-order valence-electron chi connectivity index (χ3n) is 4.75. The molecule has 0 saturated carbocycles. The van der Waals surface area contributed by atoms with Crippen LogP contribution in [0.15, 0.2) is 0 Å². The zero-order chi connectivity index (χ0) is 17.4. The van der Waals surface area contributed by atoms with Crippen LogP contribution in [0.3, 0.4) is 0 Å². The zero-order valence-electron chi connectivity index (χ0n) is 14.6. The van der Waals surface area contributed by atoms with Crippen LogP contribution < -0.4 is 0 Å². The van der Waals surface area contributed by atoms with Gasteiger partial charge in [-0.15, -0.1) is 0 Å². The fraction of sp³-hybridized carbons (Fsp3) is 0.867. The average molecular weight is 358 g/mol. The van der Waals surface area contributed by atoms with Crippen molar-refractivity contribution in [2.75, 3.05) is 32.1 Å². The molecule has 2 saturated heterocycles. The Hall–Kier alpha value is -1.03. The van der Waals surface area contributed by atoms with E-state index in [4.69, 9.17) is 9.47 Å². The Morgan fingerprint density at radius 2 is 2.17 bits per heavy atom. The predicted molar refractivity (Wildman–Crippen MR) is 88.2 cm³/mol. The Labute approximate surface area is 143 Å². The minimum absolute atomic E-state index is 0.00215. The molecule has 0 unspecified atom stereocenters. The van der Waals surface area contributed by atoms with Gasteiger partial charge in [0.1, 0.15) is 17.2 Å². The molecule has 0 aliphatic carbocycles. The van der Waals surface area contributed by atoms with Crippen LogP contribution in [0.2, 0.25) is 0 Å². The number of aryl methyl sites for hydroxylation is 2. The monoisotopic (exact) mass is 358 g/mol. The van der Waals surface area contributed by atoms with E-state index in [1.54, 1.807) is 6.92 Å². The Balaban J connectivity index is 1.71. The van der Waals surface area contributed by atoms with Crippen LogP contribution in [0, 0.1) is 13.8 Å². The van der Waals surface area contributed by atoms with Crippen LogP contribution in [0.5, 0.6) is 0 Å². The number of ether oxygens (including phenoxy) is 2. The van der Waals surface area contributed by atoms with E-state index in [0.29, 0.717) is 32.8 Å². The molecule has 136 valence electrons. The summed E-state index contributed by atoms with van der Waals surface area (Å²) in [5.41, 5.74) is -0.549. The Bertz CT molecular complexity index is 690. The van der Waals surface area contributed by atoms with E-state index in [1.165, 1.54) is 4.31 Å². The molecule has 2 aliphatic heterocycles. The number of nitrogens with zero attached hydrogens (tertiary/aromatic N) is 4. The summed E-state index contributed by atoms with van der Waals surface area (Å²) in [6.07, 6.45) is 1.65. The molecule has 0 radical (unpaired) electrons. The van der Waals surface area contributed by atoms with Crippen LogP contribution >= 0.6 is 0 Å². The second-order valence-corrected chi connectivity index (χ2v) is 8.89. The summed E-state index contributed by atoms with van der Waals surface area (Å²) < 4.78 is 39.8. The van der Waals surface area contributed by atoms with Crippen molar-refractivity contribution in [3.63, 3.8) is 0 Å². The first kappa shape index (κ1) is 17.8. The molecule has 3 rings (SSSR count). The second kappa shape index (κ2) is 6.70. The van der Waals surface area contributed by atoms with E-state index in [0.717, 1.165) is 24.5 Å². The fourth-order valence-corrected chi connectivity index (χ4v) is 4.61. The Kier molecular flexibility index (Phi) is 4.96. The van der Waals surface area contributed by atoms with Gasteiger partial charge in [0.2, 0.25) is 10.0 Å². The Morgan fingerprint density at radius 1 is 1.38 bits per heavy atom. The summed E-state index contributed by atoms with van der Waals surface area (Å²) in [5, 5.41) is 4.38. The third kappa shape index (κ3) is 3.63. The van der Waals surface area contributed by atoms with Crippen LogP contribution in [0.4, 0.5) is 0 Å². The quantitative estimate of drug-likeness (QED) is 0.779. The molecule has 2 fully saturated rings. The van der Waals surface area contributed by atoms with Gasteiger partial charge >= 0.3 is 0 Å². The molecular formula is C15H26N4O4S. The molecule has 1 aromatic rings. The maximum absolute atomic E-state index is 12.3. The largest absolute Gasteiger partial charge is 0.377 e. The van der Waals surface area contributed by atoms with Crippen molar-refractivity contribution in [3.05, 3.63) is 11.6 Å². The molecular weight excluding hydrogens is 332 g/mol. The van der Waals surface area contributed by atoms with Crippen molar-refractivity contribution in [2.45, 2.75) is 51.9 Å². The van der Waals surface area contributed by atoms with E-state index in [2.05, 4.69) is 10.1 Å². The second-order valence-electron chi connectivity index (χ2n) is 6.64. The van der Waals surface area contributed by atoms with E-state index in [-0.39, 0.29) is 11.9 Å². The molecule has 2 atom stereocenters. The lowest BCUT2D eigenvalue weighted by molar-refractivity contribution is -0.0861. The van der Waals surface area contributed by atoms with Gasteiger partial charge in [0, 0.05) is 13.1 Å². The first-order valence-corrected chi connectivity index (χ1v) is 10.1. The number of sulfonamides is 1. The highest BCUT2D eigenvalue weighted by atomic mass is 32.2. The van der Waals surface area contributed by atoms with Crippen molar-refractivity contribution in [1.82, 2.24) is 19.1 Å². The van der Waals surface area contributed by atoms with Gasteiger partial charge in [-0.3, -0.25) is 0 Å². The molecule has 3 heterocycles. The lowest BCUT2D eigenvalue weighted by atomic mass is 10.0. The van der Waals surface area contributed by atoms with E-state index >= 15 is 0 Å². The summed E-state index contributed by atoms with van der Waals surface area (Å²) in [5.74, 6) is 1.71. The smallest absolute Gasteiger partial charge is 0.214 e. The molecule has 2 aliphatic rings. The van der Waals surface area contributed by atoms with Gasteiger partial charge in [0.05, 0.1) is 31.6 Å². The molecule has 24 heavy (non-hydrogen) atoms. The minimum Gasteiger partial charge on any atom is -0.377 e. The van der Waals surface area contributed by atoms with Gasteiger partial charge in [-0.25, -0.2) is 18.1 Å². The van der Waals surface area contributed by atoms with Crippen molar-refractivity contribution in [2.24, 2.45) is 0 Å². The molecule has 0 bridgehead atoms. The van der Waals surface area contributed by atoms with Crippen molar-refractivity contribution < 1.29 is 17.9 Å². The van der Waals surface area contributed by atoms with Crippen LogP contribution in [0.1, 0.15) is 31.4 Å². The molecule has 8 nitrogen and oxygen atoms in total. The molecule has 1 spiro atoms. The van der Waals surface area contributed by atoms with Gasteiger partial charge in [0.15, 0.2) is 0 Å². The van der Waals surface area contributed by atoms with E-state index < -0.39 is 15.6 Å². The highest BCUT2D eigenvalue weighted by Gasteiger charge is 2.45. The molecule has 1 aromatic heterocycles. The van der Waals surface area contributed by atoms with Gasteiger partial charge < -0.3 is 9.47 Å². The molecule has 0 N–H and O–H groups in total. The normalized spacial score (nSPS) is 29.2. The fourth-order valence-electron chi connectivity index (χ4n) is 3.46. The van der Waals surface area contributed by atoms with Crippen molar-refractivity contribution >= 4 is 10.0 Å². The summed E-state index contributed by atoms with van der Waals surface area (Å²) in [4.78, 5) is 4.31. The van der Waals surface area contributed by atoms with Gasteiger partial charge in [-0.05, 0) is 33.6 Å².